The molecular formula is C15H18ClF3N4O2. The normalized spacial score (nSPS) is 16.0. The van der Waals surface area contributed by atoms with Crippen LogP contribution in [0.4, 0.5) is 18.9 Å². The maximum absolute atomic E-state index is 13.0. The van der Waals surface area contributed by atoms with Crippen LogP contribution in [0.3, 0.4) is 0 Å². The Labute approximate surface area is 147 Å². The highest BCUT2D eigenvalue weighted by atomic mass is 35.5. The molecule has 3 N–H and O–H groups in total. The minimum absolute atomic E-state index is 0.118. The average molecular weight is 379 g/mol. The highest BCUT2D eigenvalue weighted by Gasteiger charge is 2.35. The fraction of sp³-hybridized carbons (Fsp3) is 0.467. The van der Waals surface area contributed by atoms with E-state index in [0.717, 1.165) is 6.07 Å². The van der Waals surface area contributed by atoms with Crippen LogP contribution in [0, 0.1) is 0 Å². The number of nitrogens with two attached hydrogens (primary N) is 1. The molecule has 1 aromatic rings. The first-order valence-electron chi connectivity index (χ1n) is 7.62. The third kappa shape index (κ3) is 5.07. The summed E-state index contributed by atoms with van der Waals surface area (Å²) in [6.45, 7) is 2.94. The molecule has 0 aromatic heterocycles. The predicted molar refractivity (Wildman–Crippen MR) is 87.2 cm³/mol. The van der Waals surface area contributed by atoms with Crippen molar-refractivity contribution >= 4 is 29.1 Å². The number of piperazine rings is 1. The van der Waals surface area contributed by atoms with Gasteiger partial charge in [0.15, 0.2) is 0 Å². The topological polar surface area (TPSA) is 78.7 Å². The first kappa shape index (κ1) is 19.5. The zero-order valence-electron chi connectivity index (χ0n) is 13.3. The lowest BCUT2D eigenvalue weighted by Crippen LogP contribution is -2.52. The van der Waals surface area contributed by atoms with Crippen LogP contribution >= 0.6 is 11.6 Å². The van der Waals surface area contributed by atoms with Gasteiger partial charge >= 0.3 is 18.0 Å². The van der Waals surface area contributed by atoms with Crippen LogP contribution in [0.15, 0.2) is 18.2 Å². The van der Waals surface area contributed by atoms with Crippen molar-refractivity contribution in [3.8, 4) is 0 Å². The molecule has 0 atom stereocenters. The molecule has 0 aliphatic carbocycles. The highest BCUT2D eigenvalue weighted by Crippen LogP contribution is 2.36. The number of carbonyl (C=O) groups is 2. The zero-order valence-corrected chi connectivity index (χ0v) is 14.0. The molecule has 138 valence electrons. The lowest BCUT2D eigenvalue weighted by atomic mass is 10.1. The van der Waals surface area contributed by atoms with Crippen molar-refractivity contribution < 1.29 is 22.8 Å². The molecule has 1 heterocycles. The van der Waals surface area contributed by atoms with Crippen LogP contribution in [-0.4, -0.2) is 60.9 Å². The summed E-state index contributed by atoms with van der Waals surface area (Å²) >= 11 is 5.58. The number of carbonyl (C=O) groups excluding carboxylic acids is 2. The molecule has 2 amide bonds. The van der Waals surface area contributed by atoms with Gasteiger partial charge in [0.05, 0.1) is 11.3 Å². The van der Waals surface area contributed by atoms with E-state index in [1.165, 1.54) is 11.0 Å². The average Bonchev–Trinajstić information content (AvgIpc) is 2.56. The Kier molecular flexibility index (Phi) is 6.26. The van der Waals surface area contributed by atoms with E-state index in [2.05, 4.69) is 0 Å². The molecule has 6 nitrogen and oxygen atoms in total. The van der Waals surface area contributed by atoms with Gasteiger partial charge in [0.2, 0.25) is 0 Å². The fourth-order valence-electron chi connectivity index (χ4n) is 2.54. The van der Waals surface area contributed by atoms with E-state index in [9.17, 15) is 22.8 Å². The summed E-state index contributed by atoms with van der Waals surface area (Å²) in [5.74, 6) is -1.98. The van der Waals surface area contributed by atoms with Crippen LogP contribution in [0.1, 0.15) is 5.56 Å². The van der Waals surface area contributed by atoms with Crippen molar-refractivity contribution in [1.29, 1.82) is 0 Å². The van der Waals surface area contributed by atoms with Crippen LogP contribution < -0.4 is 11.1 Å². The number of nitrogens with one attached hydrogen (secondary N) is 1. The summed E-state index contributed by atoms with van der Waals surface area (Å²) in [7, 11) is 0. The van der Waals surface area contributed by atoms with Gasteiger partial charge in [-0.15, -0.1) is 0 Å². The SMILES string of the molecule is NCCN1CCN(C(=O)C(=O)Nc2ccc(Cl)cc2C(F)(F)F)CC1. The van der Waals surface area contributed by atoms with Crippen LogP contribution in [-0.2, 0) is 15.8 Å². The molecule has 1 aromatic carbocycles. The number of alkyl halides is 3. The Hall–Kier alpha value is -1.84. The number of benzene rings is 1. The first-order chi connectivity index (χ1) is 11.7. The van der Waals surface area contributed by atoms with E-state index in [0.29, 0.717) is 45.3 Å². The predicted octanol–water partition coefficient (Wildman–Crippen LogP) is 1.40. The second-order valence-electron chi connectivity index (χ2n) is 5.56. The van der Waals surface area contributed by atoms with Crippen molar-refractivity contribution in [1.82, 2.24) is 9.80 Å². The quantitative estimate of drug-likeness (QED) is 0.779. The van der Waals surface area contributed by atoms with E-state index in [1.54, 1.807) is 0 Å². The molecule has 1 fully saturated rings. The van der Waals surface area contributed by atoms with Crippen LogP contribution in [0.2, 0.25) is 5.02 Å². The summed E-state index contributed by atoms with van der Waals surface area (Å²) in [4.78, 5) is 27.6. The van der Waals surface area contributed by atoms with E-state index < -0.39 is 29.2 Å². The first-order valence-corrected chi connectivity index (χ1v) is 7.99. The van der Waals surface area contributed by atoms with E-state index in [1.807, 2.05) is 10.2 Å². The van der Waals surface area contributed by atoms with Crippen molar-refractivity contribution in [2.24, 2.45) is 5.73 Å². The molecule has 1 saturated heterocycles. The summed E-state index contributed by atoms with van der Waals surface area (Å²) < 4.78 is 39.1. The second-order valence-corrected chi connectivity index (χ2v) is 6.00. The molecule has 0 saturated carbocycles. The highest BCUT2D eigenvalue weighted by molar-refractivity contribution is 6.39. The maximum Gasteiger partial charge on any atom is 0.418 e. The molecule has 0 spiro atoms. The third-order valence-corrected chi connectivity index (χ3v) is 4.07. The Balaban J connectivity index is 2.04. The molecule has 25 heavy (non-hydrogen) atoms. The van der Waals surface area contributed by atoms with Gasteiger partial charge in [-0.1, -0.05) is 11.6 Å². The van der Waals surface area contributed by atoms with Crippen molar-refractivity contribution in [2.75, 3.05) is 44.6 Å². The Morgan fingerprint density at radius 3 is 2.40 bits per heavy atom. The van der Waals surface area contributed by atoms with Crippen molar-refractivity contribution in [2.45, 2.75) is 6.18 Å². The van der Waals surface area contributed by atoms with Gasteiger partial charge in [-0.3, -0.25) is 14.5 Å². The van der Waals surface area contributed by atoms with Crippen molar-refractivity contribution in [3.63, 3.8) is 0 Å². The largest absolute Gasteiger partial charge is 0.418 e. The number of hydrogen-bond acceptors (Lipinski definition) is 4. The number of amides is 2. The Morgan fingerprint density at radius 2 is 1.84 bits per heavy atom. The Bertz CT molecular complexity index is 646. The number of halogens is 4. The van der Waals surface area contributed by atoms with Gasteiger partial charge in [-0.05, 0) is 18.2 Å². The van der Waals surface area contributed by atoms with E-state index in [-0.39, 0.29) is 5.02 Å². The summed E-state index contributed by atoms with van der Waals surface area (Å²) in [5.41, 5.74) is 3.85. The number of hydrogen-bond donors (Lipinski definition) is 2. The maximum atomic E-state index is 13.0. The summed E-state index contributed by atoms with van der Waals surface area (Å²) in [5, 5.41) is 1.92. The molecule has 2 rings (SSSR count). The molecule has 10 heteroatoms. The summed E-state index contributed by atoms with van der Waals surface area (Å²) in [6.07, 6.45) is -4.70. The minimum Gasteiger partial charge on any atom is -0.332 e. The zero-order chi connectivity index (χ0) is 18.6. The third-order valence-electron chi connectivity index (χ3n) is 3.83. The van der Waals surface area contributed by atoms with Gasteiger partial charge in [0.25, 0.3) is 0 Å². The molecule has 0 bridgehead atoms. The van der Waals surface area contributed by atoms with Gasteiger partial charge in [0.1, 0.15) is 0 Å². The smallest absolute Gasteiger partial charge is 0.332 e. The fourth-order valence-corrected chi connectivity index (χ4v) is 2.71. The molecular weight excluding hydrogens is 361 g/mol. The molecule has 0 radical (unpaired) electrons. The number of rotatable bonds is 3. The van der Waals surface area contributed by atoms with Gasteiger partial charge in [-0.2, -0.15) is 13.2 Å². The number of anilines is 1. The standard InChI is InChI=1S/C15H18ClF3N4O2/c16-10-1-2-12(11(9-10)15(17,18)19)21-13(24)14(25)23-7-5-22(4-3-20)6-8-23/h1-2,9H,3-8,20H2,(H,21,24). The molecule has 1 aliphatic rings. The van der Waals surface area contributed by atoms with E-state index in [4.69, 9.17) is 17.3 Å². The van der Waals surface area contributed by atoms with Crippen LogP contribution in [0.25, 0.3) is 0 Å². The Morgan fingerprint density at radius 1 is 1.20 bits per heavy atom. The number of nitrogens with zero attached hydrogens (tertiary/aromatic N) is 2. The van der Waals surface area contributed by atoms with Gasteiger partial charge in [0, 0.05) is 44.3 Å². The molecule has 1 aliphatic heterocycles. The monoisotopic (exact) mass is 378 g/mol. The van der Waals surface area contributed by atoms with Crippen molar-refractivity contribution in [3.05, 3.63) is 28.8 Å². The van der Waals surface area contributed by atoms with Gasteiger partial charge in [-0.25, -0.2) is 0 Å². The lowest BCUT2D eigenvalue weighted by molar-refractivity contribution is -0.144. The van der Waals surface area contributed by atoms with E-state index >= 15 is 0 Å². The minimum atomic E-state index is -4.70. The second kappa shape index (κ2) is 8.03. The summed E-state index contributed by atoms with van der Waals surface area (Å²) in [6, 6.07) is 2.94. The lowest BCUT2D eigenvalue weighted by Gasteiger charge is -2.34. The van der Waals surface area contributed by atoms with Gasteiger partial charge < -0.3 is 16.0 Å². The molecule has 0 unspecified atom stereocenters. The van der Waals surface area contributed by atoms with Crippen LogP contribution in [0.5, 0.6) is 0 Å².